The third kappa shape index (κ3) is 4.20. The van der Waals surface area contributed by atoms with E-state index in [1.54, 1.807) is 21.9 Å². The van der Waals surface area contributed by atoms with E-state index in [0.717, 1.165) is 5.56 Å². The van der Waals surface area contributed by atoms with Crippen LogP contribution >= 0.6 is 0 Å². The molecule has 2 saturated heterocycles. The minimum Gasteiger partial charge on any atom is -0.369 e. The van der Waals surface area contributed by atoms with E-state index in [1.165, 1.54) is 12.1 Å². The predicted octanol–water partition coefficient (Wildman–Crippen LogP) is 0.941. The van der Waals surface area contributed by atoms with E-state index in [0.29, 0.717) is 45.4 Å². The Morgan fingerprint density at radius 2 is 1.77 bits per heavy atom. The van der Waals surface area contributed by atoms with Crippen molar-refractivity contribution < 1.29 is 18.8 Å². The molecule has 7 heteroatoms. The van der Waals surface area contributed by atoms with E-state index in [-0.39, 0.29) is 41.8 Å². The summed E-state index contributed by atoms with van der Waals surface area (Å²) in [5.41, 5.74) is 6.28. The highest BCUT2D eigenvalue weighted by molar-refractivity contribution is 5.89. The minimum atomic E-state index is -0.319. The summed E-state index contributed by atoms with van der Waals surface area (Å²) in [5.74, 6) is -1.09. The Bertz CT molecular complexity index is 684. The molecule has 0 saturated carbocycles. The molecule has 1 atom stereocenters. The maximum absolute atomic E-state index is 12.9. The van der Waals surface area contributed by atoms with E-state index in [1.807, 2.05) is 0 Å². The number of hydrogen-bond donors (Lipinski definition) is 1. The molecule has 6 nitrogen and oxygen atoms in total. The van der Waals surface area contributed by atoms with Crippen molar-refractivity contribution in [1.82, 2.24) is 9.80 Å². The number of benzene rings is 1. The molecule has 140 valence electrons. The second-order valence-electron chi connectivity index (χ2n) is 7.12. The lowest BCUT2D eigenvalue weighted by Crippen LogP contribution is -2.44. The SMILES string of the molecule is NC(=O)C1CCN(C(=O)C2CC(=O)N(CCc3ccc(F)cc3)C2)CC1. The lowest BCUT2D eigenvalue weighted by Gasteiger charge is -2.32. The van der Waals surface area contributed by atoms with Crippen LogP contribution in [0.2, 0.25) is 0 Å². The van der Waals surface area contributed by atoms with Crippen molar-refractivity contribution in [3.05, 3.63) is 35.6 Å². The molecule has 2 aliphatic heterocycles. The van der Waals surface area contributed by atoms with Gasteiger partial charge in [0.1, 0.15) is 5.82 Å². The number of amides is 3. The molecule has 1 aromatic rings. The number of likely N-dealkylation sites (tertiary alicyclic amines) is 2. The first-order valence-electron chi connectivity index (χ1n) is 9.04. The number of hydrogen-bond acceptors (Lipinski definition) is 3. The number of rotatable bonds is 5. The predicted molar refractivity (Wildman–Crippen MR) is 93.3 cm³/mol. The van der Waals surface area contributed by atoms with Gasteiger partial charge in [0.25, 0.3) is 0 Å². The van der Waals surface area contributed by atoms with Crippen LogP contribution in [0.3, 0.4) is 0 Å². The first-order valence-corrected chi connectivity index (χ1v) is 9.04. The number of piperidine rings is 1. The average Bonchev–Trinajstić information content (AvgIpc) is 3.01. The zero-order valence-electron chi connectivity index (χ0n) is 14.7. The number of carbonyl (C=O) groups is 3. The van der Waals surface area contributed by atoms with Crippen molar-refractivity contribution in [1.29, 1.82) is 0 Å². The molecule has 3 amide bonds. The van der Waals surface area contributed by atoms with Gasteiger partial charge in [-0.15, -0.1) is 0 Å². The maximum Gasteiger partial charge on any atom is 0.227 e. The third-order valence-corrected chi connectivity index (χ3v) is 5.36. The fourth-order valence-electron chi connectivity index (χ4n) is 3.71. The van der Waals surface area contributed by atoms with Crippen molar-refractivity contribution in [3.8, 4) is 0 Å². The molecule has 2 heterocycles. The van der Waals surface area contributed by atoms with Gasteiger partial charge in [0.15, 0.2) is 0 Å². The number of nitrogens with zero attached hydrogens (tertiary/aromatic N) is 2. The number of halogens is 1. The van der Waals surface area contributed by atoms with Crippen LogP contribution < -0.4 is 5.73 Å². The molecule has 2 aliphatic rings. The van der Waals surface area contributed by atoms with E-state index in [9.17, 15) is 18.8 Å². The van der Waals surface area contributed by atoms with Crippen LogP contribution in [0.25, 0.3) is 0 Å². The highest BCUT2D eigenvalue weighted by Gasteiger charge is 2.37. The Hall–Kier alpha value is -2.44. The largest absolute Gasteiger partial charge is 0.369 e. The first kappa shape index (κ1) is 18.4. The molecule has 0 spiro atoms. The summed E-state index contributed by atoms with van der Waals surface area (Å²) in [5, 5.41) is 0. The number of primary amides is 1. The van der Waals surface area contributed by atoms with Gasteiger partial charge in [-0.1, -0.05) is 12.1 Å². The van der Waals surface area contributed by atoms with Crippen LogP contribution in [0.5, 0.6) is 0 Å². The molecule has 2 fully saturated rings. The molecular weight excluding hydrogens is 337 g/mol. The van der Waals surface area contributed by atoms with E-state index >= 15 is 0 Å². The Balaban J connectivity index is 1.50. The van der Waals surface area contributed by atoms with Gasteiger partial charge in [0.2, 0.25) is 17.7 Å². The van der Waals surface area contributed by atoms with Crippen LogP contribution in [0, 0.1) is 17.7 Å². The lowest BCUT2D eigenvalue weighted by atomic mass is 9.95. The fraction of sp³-hybridized carbons (Fsp3) is 0.526. The van der Waals surface area contributed by atoms with Gasteiger partial charge in [-0.25, -0.2) is 4.39 Å². The summed E-state index contributed by atoms with van der Waals surface area (Å²) in [6.45, 7) is 1.99. The normalized spacial score (nSPS) is 21.3. The second kappa shape index (κ2) is 7.85. The highest BCUT2D eigenvalue weighted by Crippen LogP contribution is 2.24. The molecule has 3 rings (SSSR count). The quantitative estimate of drug-likeness (QED) is 0.847. The zero-order chi connectivity index (χ0) is 18.7. The molecule has 1 aromatic carbocycles. The van der Waals surface area contributed by atoms with Gasteiger partial charge < -0.3 is 15.5 Å². The first-order chi connectivity index (χ1) is 12.4. The summed E-state index contributed by atoms with van der Waals surface area (Å²) in [7, 11) is 0. The summed E-state index contributed by atoms with van der Waals surface area (Å²) in [6.07, 6.45) is 2.06. The number of carbonyl (C=O) groups excluding carboxylic acids is 3. The van der Waals surface area contributed by atoms with Gasteiger partial charge in [-0.2, -0.15) is 0 Å². The summed E-state index contributed by atoms with van der Waals surface area (Å²) < 4.78 is 12.9. The van der Waals surface area contributed by atoms with Gasteiger partial charge in [-0.05, 0) is 37.0 Å². The van der Waals surface area contributed by atoms with Crippen LogP contribution in [0.4, 0.5) is 4.39 Å². The Kier molecular flexibility index (Phi) is 5.54. The summed E-state index contributed by atoms with van der Waals surface area (Å²) in [6, 6.07) is 6.23. The van der Waals surface area contributed by atoms with Gasteiger partial charge in [0, 0.05) is 38.5 Å². The smallest absolute Gasteiger partial charge is 0.227 e. The topological polar surface area (TPSA) is 83.7 Å². The van der Waals surface area contributed by atoms with Gasteiger partial charge in [-0.3, -0.25) is 14.4 Å². The van der Waals surface area contributed by atoms with Crippen molar-refractivity contribution in [2.45, 2.75) is 25.7 Å². The summed E-state index contributed by atoms with van der Waals surface area (Å²) >= 11 is 0. The van der Waals surface area contributed by atoms with Crippen LogP contribution in [-0.4, -0.2) is 53.7 Å². The number of nitrogens with two attached hydrogens (primary N) is 1. The van der Waals surface area contributed by atoms with Gasteiger partial charge >= 0.3 is 0 Å². The molecule has 1 unspecified atom stereocenters. The van der Waals surface area contributed by atoms with Crippen molar-refractivity contribution in [3.63, 3.8) is 0 Å². The second-order valence-corrected chi connectivity index (χ2v) is 7.12. The fourth-order valence-corrected chi connectivity index (χ4v) is 3.71. The van der Waals surface area contributed by atoms with E-state index in [4.69, 9.17) is 5.73 Å². The van der Waals surface area contributed by atoms with Crippen LogP contribution in [-0.2, 0) is 20.8 Å². The molecule has 0 aromatic heterocycles. The van der Waals surface area contributed by atoms with Gasteiger partial charge in [0.05, 0.1) is 5.92 Å². The van der Waals surface area contributed by atoms with Crippen molar-refractivity contribution in [2.24, 2.45) is 17.6 Å². The standard InChI is InChI=1S/C19H24FN3O3/c20-16-3-1-13(2-4-16)5-8-23-12-15(11-17(23)24)19(26)22-9-6-14(7-10-22)18(21)25/h1-4,14-15H,5-12H2,(H2,21,25). The third-order valence-electron chi connectivity index (χ3n) is 5.36. The minimum absolute atomic E-state index is 0.00875. The Morgan fingerprint density at radius 3 is 2.38 bits per heavy atom. The average molecular weight is 361 g/mol. The Labute approximate surface area is 152 Å². The lowest BCUT2D eigenvalue weighted by molar-refractivity contribution is -0.138. The zero-order valence-corrected chi connectivity index (χ0v) is 14.7. The Morgan fingerprint density at radius 1 is 1.12 bits per heavy atom. The molecule has 2 N–H and O–H groups in total. The molecule has 26 heavy (non-hydrogen) atoms. The van der Waals surface area contributed by atoms with Crippen molar-refractivity contribution in [2.75, 3.05) is 26.2 Å². The monoisotopic (exact) mass is 361 g/mol. The van der Waals surface area contributed by atoms with E-state index < -0.39 is 0 Å². The molecular formula is C19H24FN3O3. The summed E-state index contributed by atoms with van der Waals surface area (Å²) in [4.78, 5) is 39.6. The van der Waals surface area contributed by atoms with Crippen LogP contribution in [0.1, 0.15) is 24.8 Å². The maximum atomic E-state index is 12.9. The highest BCUT2D eigenvalue weighted by atomic mass is 19.1. The van der Waals surface area contributed by atoms with E-state index in [2.05, 4.69) is 0 Å². The van der Waals surface area contributed by atoms with Crippen LogP contribution in [0.15, 0.2) is 24.3 Å². The molecule has 0 bridgehead atoms. The molecule has 0 aliphatic carbocycles. The van der Waals surface area contributed by atoms with Crippen molar-refractivity contribution >= 4 is 17.7 Å². The molecule has 0 radical (unpaired) electrons.